The fourth-order valence-electron chi connectivity index (χ4n) is 8.25. The Bertz CT molecular complexity index is 1160. The van der Waals surface area contributed by atoms with Crippen LogP contribution in [0.4, 0.5) is 5.69 Å². The maximum Gasteiger partial charge on any atom is 0.306 e. The topological polar surface area (TPSA) is 102 Å². The fourth-order valence-corrected chi connectivity index (χ4v) is 8.25. The molecule has 1 N–H and O–H groups in total. The standard InChI is InChI=1S/C41H74N2O5.C12H26O.C2H6/c1-4-6-8-10-15-21-28-37(29-22-16-11-9-7-5-2)48-38(45)30-23-17-14-19-25-33-43(32-24-18-12-13-20-26-35-44)34-27-31-42-39-36(3)40(46)41(39)47;1-4-6-7-8-9-10-11-12(5-2)13-3;1-2/h35,37,42H,4-34H2,1-3H3;12H,4-11H2,1-3H3;1-2H3. The number of carbonyl (C=O) groups is 2. The highest BCUT2D eigenvalue weighted by Crippen LogP contribution is 2.19. The van der Waals surface area contributed by atoms with Gasteiger partial charge in [-0.1, -0.05) is 183 Å². The summed E-state index contributed by atoms with van der Waals surface area (Å²) in [6.07, 6.45) is 42.9. The molecule has 0 spiro atoms. The van der Waals surface area contributed by atoms with Crippen molar-refractivity contribution < 1.29 is 19.1 Å². The molecule has 1 atom stereocenters. The van der Waals surface area contributed by atoms with Gasteiger partial charge in [0.05, 0.1) is 11.8 Å². The van der Waals surface area contributed by atoms with Crippen LogP contribution in [-0.4, -0.2) is 62.7 Å². The molecule has 1 aromatic carbocycles. The Hall–Kier alpha value is -2.06. The Balaban J connectivity index is 0. The minimum atomic E-state index is -0.381. The van der Waals surface area contributed by atoms with Gasteiger partial charge in [0.2, 0.25) is 10.9 Å². The van der Waals surface area contributed by atoms with Crippen molar-refractivity contribution in [3.05, 3.63) is 26.0 Å². The molecule has 0 bridgehead atoms. The lowest BCUT2D eigenvalue weighted by Crippen LogP contribution is -2.37. The SMILES string of the molecule is CC.CCCCCCCCC(CC)OC.CCCCCCCCC(CCCCCCCC)OC(=O)CCCCCCCN(CCCCCCCC=O)CCCNc1c(C)c(=O)c1=O. The molecule has 0 amide bonds. The van der Waals surface area contributed by atoms with Crippen LogP contribution in [0.3, 0.4) is 0 Å². The van der Waals surface area contributed by atoms with Crippen LogP contribution in [0.1, 0.15) is 272 Å². The average Bonchev–Trinajstić information content (AvgIpc) is 3.30. The summed E-state index contributed by atoms with van der Waals surface area (Å²) in [6.45, 7) is 18.5. The van der Waals surface area contributed by atoms with Crippen molar-refractivity contribution in [3.63, 3.8) is 0 Å². The van der Waals surface area contributed by atoms with E-state index in [4.69, 9.17) is 9.47 Å². The molecular weight excluding hydrogens is 785 g/mol. The number of methoxy groups -OCH3 is 1. The van der Waals surface area contributed by atoms with Crippen molar-refractivity contribution in [2.45, 2.75) is 285 Å². The Labute approximate surface area is 390 Å². The molecule has 0 saturated heterocycles. The summed E-state index contributed by atoms with van der Waals surface area (Å²) >= 11 is 0. The quantitative estimate of drug-likeness (QED) is 0.0299. The van der Waals surface area contributed by atoms with Crippen LogP contribution in [0.25, 0.3) is 0 Å². The monoisotopic (exact) mass is 891 g/mol. The Morgan fingerprint density at radius 3 is 1.41 bits per heavy atom. The maximum atomic E-state index is 12.7. The van der Waals surface area contributed by atoms with Crippen LogP contribution in [0, 0.1) is 6.92 Å². The second kappa shape index (κ2) is 49.4. The summed E-state index contributed by atoms with van der Waals surface area (Å²) in [4.78, 5) is 49.0. The fraction of sp³-hybridized carbons (Fsp3) is 0.891. The molecule has 0 heterocycles. The molecule has 1 rings (SSSR count). The molecule has 1 aromatic rings. The number of anilines is 1. The molecule has 0 saturated carbocycles. The van der Waals surface area contributed by atoms with E-state index in [9.17, 15) is 19.2 Å². The smallest absolute Gasteiger partial charge is 0.306 e. The van der Waals surface area contributed by atoms with Gasteiger partial charge >= 0.3 is 5.97 Å². The van der Waals surface area contributed by atoms with E-state index in [-0.39, 0.29) is 22.9 Å². The lowest BCUT2D eigenvalue weighted by Gasteiger charge is -2.23. The van der Waals surface area contributed by atoms with Crippen molar-refractivity contribution in [2.75, 3.05) is 38.6 Å². The van der Waals surface area contributed by atoms with Crippen LogP contribution in [0.5, 0.6) is 0 Å². The number of nitrogens with one attached hydrogen (secondary N) is 1. The second-order valence-electron chi connectivity index (χ2n) is 18.1. The molecule has 0 fully saturated rings. The average molecular weight is 891 g/mol. The highest BCUT2D eigenvalue weighted by atomic mass is 16.5. The third-order valence-corrected chi connectivity index (χ3v) is 12.5. The van der Waals surface area contributed by atoms with Crippen LogP contribution < -0.4 is 16.2 Å². The van der Waals surface area contributed by atoms with Crippen molar-refractivity contribution in [1.82, 2.24) is 4.90 Å². The number of esters is 1. The van der Waals surface area contributed by atoms with E-state index in [1.165, 1.54) is 135 Å². The zero-order valence-corrected chi connectivity index (χ0v) is 43.2. The van der Waals surface area contributed by atoms with Crippen LogP contribution in [0.2, 0.25) is 0 Å². The van der Waals surface area contributed by atoms with Gasteiger partial charge in [-0.25, -0.2) is 0 Å². The van der Waals surface area contributed by atoms with Crippen LogP contribution >= 0.6 is 0 Å². The van der Waals surface area contributed by atoms with E-state index < -0.39 is 0 Å². The number of aldehydes is 1. The first-order valence-electron chi connectivity index (χ1n) is 27.2. The number of hydrogen-bond acceptors (Lipinski definition) is 8. The van der Waals surface area contributed by atoms with Gasteiger partial charge < -0.3 is 24.5 Å². The molecule has 0 aromatic heterocycles. The van der Waals surface area contributed by atoms with Crippen LogP contribution in [-0.2, 0) is 19.1 Å². The van der Waals surface area contributed by atoms with Crippen molar-refractivity contribution in [1.29, 1.82) is 0 Å². The lowest BCUT2D eigenvalue weighted by molar-refractivity contribution is -0.150. The van der Waals surface area contributed by atoms with E-state index in [2.05, 4.69) is 37.9 Å². The highest BCUT2D eigenvalue weighted by molar-refractivity contribution is 5.69. The van der Waals surface area contributed by atoms with E-state index in [1.54, 1.807) is 6.92 Å². The molecule has 63 heavy (non-hydrogen) atoms. The molecule has 0 radical (unpaired) electrons. The summed E-state index contributed by atoms with van der Waals surface area (Å²) in [6, 6.07) is 0. The molecule has 372 valence electrons. The lowest BCUT2D eigenvalue weighted by atomic mass is 10.0. The predicted molar refractivity (Wildman–Crippen MR) is 273 cm³/mol. The first kappa shape index (κ1) is 63.0. The van der Waals surface area contributed by atoms with Crippen molar-refractivity contribution in [3.8, 4) is 0 Å². The number of carbonyl (C=O) groups excluding carboxylic acids is 2. The highest BCUT2D eigenvalue weighted by Gasteiger charge is 2.16. The van der Waals surface area contributed by atoms with E-state index >= 15 is 0 Å². The first-order valence-corrected chi connectivity index (χ1v) is 27.2. The zero-order valence-electron chi connectivity index (χ0n) is 43.2. The summed E-state index contributed by atoms with van der Waals surface area (Å²) in [7, 11) is 1.82. The molecule has 1 unspecified atom stereocenters. The first-order chi connectivity index (χ1) is 30.8. The Kier molecular flexibility index (Phi) is 49.4. The summed E-state index contributed by atoms with van der Waals surface area (Å²) in [5, 5.41) is 3.17. The van der Waals surface area contributed by atoms with Crippen molar-refractivity contribution in [2.24, 2.45) is 0 Å². The van der Waals surface area contributed by atoms with Gasteiger partial charge in [0, 0.05) is 32.1 Å². The van der Waals surface area contributed by atoms with Gasteiger partial charge in [-0.15, -0.1) is 0 Å². The number of rotatable bonds is 45. The van der Waals surface area contributed by atoms with Crippen LogP contribution in [0.15, 0.2) is 9.59 Å². The number of unbranched alkanes of at least 4 members (excludes halogenated alkanes) is 24. The molecule has 8 nitrogen and oxygen atoms in total. The minimum Gasteiger partial charge on any atom is -0.462 e. The van der Waals surface area contributed by atoms with Gasteiger partial charge in [0.25, 0.3) is 0 Å². The van der Waals surface area contributed by atoms with Gasteiger partial charge in [0.15, 0.2) is 0 Å². The van der Waals surface area contributed by atoms with E-state index in [1.807, 2.05) is 21.0 Å². The normalized spacial score (nSPS) is 11.7. The third-order valence-electron chi connectivity index (χ3n) is 12.5. The largest absolute Gasteiger partial charge is 0.462 e. The van der Waals surface area contributed by atoms with Gasteiger partial charge in [-0.3, -0.25) is 14.4 Å². The van der Waals surface area contributed by atoms with Gasteiger partial charge in [0.1, 0.15) is 12.4 Å². The van der Waals surface area contributed by atoms with Gasteiger partial charge in [-0.05, 0) is 97.2 Å². The predicted octanol–water partition coefficient (Wildman–Crippen LogP) is 15.2. The molecular formula is C55H106N2O6. The molecule has 0 aliphatic heterocycles. The third kappa shape index (κ3) is 38.9. The van der Waals surface area contributed by atoms with Gasteiger partial charge in [-0.2, -0.15) is 0 Å². The van der Waals surface area contributed by atoms with E-state index in [0.29, 0.717) is 36.7 Å². The zero-order chi connectivity index (χ0) is 47.0. The second-order valence-corrected chi connectivity index (χ2v) is 18.1. The Morgan fingerprint density at radius 1 is 0.556 bits per heavy atom. The minimum absolute atomic E-state index is 0.00170. The number of nitrogens with zero attached hydrogens (tertiary/aromatic N) is 1. The summed E-state index contributed by atoms with van der Waals surface area (Å²) in [5.41, 5.74) is 0.312. The van der Waals surface area contributed by atoms with E-state index in [0.717, 1.165) is 103 Å². The number of ether oxygens (including phenoxy) is 2. The summed E-state index contributed by atoms with van der Waals surface area (Å²) < 4.78 is 11.4. The molecule has 0 aliphatic rings. The van der Waals surface area contributed by atoms with Crippen molar-refractivity contribution >= 4 is 17.9 Å². The molecule has 0 aliphatic carbocycles. The maximum absolute atomic E-state index is 12.7. The summed E-state index contributed by atoms with van der Waals surface area (Å²) in [5.74, 6) is 0.00170. The Morgan fingerprint density at radius 2 is 0.968 bits per heavy atom. The number of hydrogen-bond donors (Lipinski definition) is 1. The molecule has 8 heteroatoms.